The van der Waals surface area contributed by atoms with Crippen molar-refractivity contribution in [1.29, 1.82) is 5.26 Å². The number of thiazole rings is 1. The standard InChI is InChI=1S/C27H31N3S/c1-18(2)13-19-14-22(20-7-8-20)24(16-28)23(15-19)21-9-11-30(12-10-21)17-27-29-25-5-3-4-6-26(25)31-27/h3-6,14-15,18,20-21H,7-13,17H2,1-2H3. The number of aromatic nitrogens is 1. The van der Waals surface area contributed by atoms with Crippen molar-refractivity contribution in [3.8, 4) is 6.07 Å². The Balaban J connectivity index is 1.32. The molecule has 1 saturated carbocycles. The average molecular weight is 430 g/mol. The van der Waals surface area contributed by atoms with E-state index in [0.29, 0.717) is 17.8 Å². The molecule has 1 aromatic heterocycles. The molecule has 2 fully saturated rings. The molecule has 3 nitrogen and oxygen atoms in total. The normalized spacial score (nSPS) is 18.0. The van der Waals surface area contributed by atoms with E-state index in [1.165, 1.54) is 39.2 Å². The third-order valence-corrected chi connectivity index (χ3v) is 7.78. The molecule has 0 unspecified atom stereocenters. The first-order chi connectivity index (χ1) is 15.1. The van der Waals surface area contributed by atoms with E-state index in [9.17, 15) is 5.26 Å². The van der Waals surface area contributed by atoms with Crippen LogP contribution in [0.5, 0.6) is 0 Å². The van der Waals surface area contributed by atoms with Gasteiger partial charge in [0.25, 0.3) is 0 Å². The lowest BCUT2D eigenvalue weighted by atomic mass is 9.82. The van der Waals surface area contributed by atoms with Crippen LogP contribution in [-0.4, -0.2) is 23.0 Å². The minimum Gasteiger partial charge on any atom is -0.297 e. The molecule has 3 aromatic rings. The second-order valence-electron chi connectivity index (χ2n) is 9.76. The van der Waals surface area contributed by atoms with E-state index < -0.39 is 0 Å². The third-order valence-electron chi connectivity index (χ3n) is 6.76. The monoisotopic (exact) mass is 429 g/mol. The lowest BCUT2D eigenvalue weighted by molar-refractivity contribution is 0.204. The largest absolute Gasteiger partial charge is 0.297 e. The quantitative estimate of drug-likeness (QED) is 0.442. The highest BCUT2D eigenvalue weighted by Gasteiger charge is 2.31. The summed E-state index contributed by atoms with van der Waals surface area (Å²) in [5, 5.41) is 11.2. The first-order valence-corrected chi connectivity index (χ1v) is 12.6. The van der Waals surface area contributed by atoms with Crippen molar-refractivity contribution in [3.05, 3.63) is 63.7 Å². The van der Waals surface area contributed by atoms with Gasteiger partial charge in [-0.25, -0.2) is 4.98 Å². The maximum Gasteiger partial charge on any atom is 0.108 e. The van der Waals surface area contributed by atoms with Crippen LogP contribution in [0.15, 0.2) is 36.4 Å². The first-order valence-electron chi connectivity index (χ1n) is 11.7. The van der Waals surface area contributed by atoms with Gasteiger partial charge in [-0.05, 0) is 91.8 Å². The van der Waals surface area contributed by atoms with Crippen LogP contribution in [0, 0.1) is 17.2 Å². The molecule has 1 aliphatic heterocycles. The topological polar surface area (TPSA) is 39.9 Å². The molecule has 5 rings (SSSR count). The molecule has 0 atom stereocenters. The van der Waals surface area contributed by atoms with Crippen LogP contribution in [0.25, 0.3) is 10.2 Å². The lowest BCUT2D eigenvalue weighted by Crippen LogP contribution is -2.32. The summed E-state index contributed by atoms with van der Waals surface area (Å²) in [5.74, 6) is 1.77. The summed E-state index contributed by atoms with van der Waals surface area (Å²) in [4.78, 5) is 7.36. The van der Waals surface area contributed by atoms with Gasteiger partial charge in [0.2, 0.25) is 0 Å². The van der Waals surface area contributed by atoms with Gasteiger partial charge in [-0.3, -0.25) is 4.90 Å². The Hall–Kier alpha value is -2.22. The Morgan fingerprint density at radius 1 is 1.06 bits per heavy atom. The fraction of sp³-hybridized carbons (Fsp3) is 0.481. The van der Waals surface area contributed by atoms with E-state index in [2.05, 4.69) is 61.2 Å². The number of hydrogen-bond donors (Lipinski definition) is 0. The second-order valence-corrected chi connectivity index (χ2v) is 10.9. The Morgan fingerprint density at radius 2 is 1.74 bits per heavy atom. The number of rotatable bonds is 6. The van der Waals surface area contributed by atoms with Crippen molar-refractivity contribution in [1.82, 2.24) is 9.88 Å². The Bertz CT molecular complexity index is 1080. The van der Waals surface area contributed by atoms with Gasteiger partial charge in [-0.2, -0.15) is 5.26 Å². The summed E-state index contributed by atoms with van der Waals surface area (Å²) in [6.45, 7) is 7.68. The zero-order chi connectivity index (χ0) is 21.4. The van der Waals surface area contributed by atoms with Crippen molar-refractivity contribution >= 4 is 21.6 Å². The number of piperidine rings is 1. The van der Waals surface area contributed by atoms with E-state index in [1.807, 2.05) is 11.3 Å². The van der Waals surface area contributed by atoms with Crippen LogP contribution >= 0.6 is 11.3 Å². The molecular weight excluding hydrogens is 398 g/mol. The highest BCUT2D eigenvalue weighted by atomic mass is 32.1. The molecule has 4 heteroatoms. The molecular formula is C27H31N3S. The Kier molecular flexibility index (Phi) is 5.82. The van der Waals surface area contributed by atoms with Crippen LogP contribution in [0.2, 0.25) is 0 Å². The van der Waals surface area contributed by atoms with E-state index in [1.54, 1.807) is 0 Å². The highest BCUT2D eigenvalue weighted by molar-refractivity contribution is 7.18. The second kappa shape index (κ2) is 8.73. The van der Waals surface area contributed by atoms with Gasteiger partial charge in [0.15, 0.2) is 0 Å². The van der Waals surface area contributed by atoms with Crippen LogP contribution in [0.1, 0.15) is 78.6 Å². The van der Waals surface area contributed by atoms with Crippen LogP contribution in [0.4, 0.5) is 0 Å². The Morgan fingerprint density at radius 3 is 2.35 bits per heavy atom. The van der Waals surface area contributed by atoms with Crippen molar-refractivity contribution < 1.29 is 0 Å². The van der Waals surface area contributed by atoms with Crippen LogP contribution in [-0.2, 0) is 13.0 Å². The number of hydrogen-bond acceptors (Lipinski definition) is 4. The number of nitrogens with zero attached hydrogens (tertiary/aromatic N) is 3. The number of para-hydroxylation sites is 1. The molecule has 0 spiro atoms. The van der Waals surface area contributed by atoms with E-state index in [0.717, 1.165) is 50.0 Å². The van der Waals surface area contributed by atoms with Gasteiger partial charge in [0.1, 0.15) is 5.01 Å². The van der Waals surface area contributed by atoms with Gasteiger partial charge in [0.05, 0.1) is 28.4 Å². The highest BCUT2D eigenvalue weighted by Crippen LogP contribution is 2.45. The predicted octanol–water partition coefficient (Wildman–Crippen LogP) is 6.62. The summed E-state index contributed by atoms with van der Waals surface area (Å²) in [5.41, 5.74) is 6.22. The molecule has 0 radical (unpaired) electrons. The molecule has 2 aromatic carbocycles. The minimum atomic E-state index is 0.505. The first kappa shape index (κ1) is 20.7. The third kappa shape index (κ3) is 4.54. The molecule has 2 aliphatic rings. The van der Waals surface area contributed by atoms with Crippen molar-refractivity contribution in [3.63, 3.8) is 0 Å². The lowest BCUT2D eigenvalue weighted by Gasteiger charge is -2.32. The van der Waals surface area contributed by atoms with E-state index >= 15 is 0 Å². The number of likely N-dealkylation sites (tertiary alicyclic amines) is 1. The minimum absolute atomic E-state index is 0.505. The SMILES string of the molecule is CC(C)Cc1cc(C2CC2)c(C#N)c(C2CCN(Cc3nc4ccccc4s3)CC2)c1. The smallest absolute Gasteiger partial charge is 0.108 e. The molecule has 0 amide bonds. The van der Waals surface area contributed by atoms with Gasteiger partial charge >= 0.3 is 0 Å². The number of fused-ring (bicyclic) bond motifs is 1. The van der Waals surface area contributed by atoms with Gasteiger partial charge in [-0.15, -0.1) is 11.3 Å². The van der Waals surface area contributed by atoms with Crippen molar-refractivity contribution in [2.24, 2.45) is 5.92 Å². The maximum atomic E-state index is 10.0. The molecule has 31 heavy (non-hydrogen) atoms. The fourth-order valence-corrected chi connectivity index (χ4v) is 6.10. The zero-order valence-electron chi connectivity index (χ0n) is 18.6. The molecule has 1 saturated heterocycles. The molecule has 160 valence electrons. The fourth-order valence-electron chi connectivity index (χ4n) is 5.09. The zero-order valence-corrected chi connectivity index (χ0v) is 19.4. The van der Waals surface area contributed by atoms with E-state index in [-0.39, 0.29) is 0 Å². The van der Waals surface area contributed by atoms with Gasteiger partial charge in [0, 0.05) is 0 Å². The summed E-state index contributed by atoms with van der Waals surface area (Å²) in [7, 11) is 0. The van der Waals surface area contributed by atoms with Crippen LogP contribution in [0.3, 0.4) is 0 Å². The summed E-state index contributed by atoms with van der Waals surface area (Å²) >= 11 is 1.82. The molecule has 0 bridgehead atoms. The Labute approximate surface area is 189 Å². The summed E-state index contributed by atoms with van der Waals surface area (Å²) < 4.78 is 1.28. The average Bonchev–Trinajstić information content (AvgIpc) is 3.53. The van der Waals surface area contributed by atoms with Crippen LogP contribution < -0.4 is 0 Å². The number of nitriles is 1. The number of benzene rings is 2. The van der Waals surface area contributed by atoms with Gasteiger partial charge in [-0.1, -0.05) is 38.1 Å². The predicted molar refractivity (Wildman–Crippen MR) is 129 cm³/mol. The molecule has 1 aliphatic carbocycles. The summed E-state index contributed by atoms with van der Waals surface area (Å²) in [6, 6.07) is 15.7. The maximum absolute atomic E-state index is 10.0. The van der Waals surface area contributed by atoms with E-state index in [4.69, 9.17) is 4.98 Å². The van der Waals surface area contributed by atoms with Crippen molar-refractivity contribution in [2.75, 3.05) is 13.1 Å². The van der Waals surface area contributed by atoms with Crippen molar-refractivity contribution in [2.45, 2.75) is 64.3 Å². The molecule has 0 N–H and O–H groups in total. The summed E-state index contributed by atoms with van der Waals surface area (Å²) in [6.07, 6.45) is 5.87. The molecule has 2 heterocycles. The van der Waals surface area contributed by atoms with Gasteiger partial charge < -0.3 is 0 Å².